The lowest BCUT2D eigenvalue weighted by Gasteiger charge is -2.36. The minimum atomic E-state index is 0.674. The first-order valence-corrected chi connectivity index (χ1v) is 9.85. The summed E-state index contributed by atoms with van der Waals surface area (Å²) < 4.78 is 10.7. The number of pyridine rings is 1. The normalized spacial score (nSPS) is 15.7. The molecule has 1 N–H and O–H groups in total. The van der Waals surface area contributed by atoms with Crippen LogP contribution in [0.25, 0.3) is 0 Å². The maximum Gasteiger partial charge on any atom is 0.213 e. The standard InChI is InChI=1S/C20H30N6O2/c1-4-11-27-19-6-5-17(13-22-19)14-23-20(21-3)26-9-7-25(8-10-26)15-18-12-16(2)28-24-18/h5-6,12-13H,4,7-11,14-15H2,1-3H3,(H,21,23). The Kier molecular flexibility index (Phi) is 7.25. The second-order valence-corrected chi connectivity index (χ2v) is 6.95. The molecule has 0 spiro atoms. The fraction of sp³-hybridized carbons (Fsp3) is 0.550. The van der Waals surface area contributed by atoms with Crippen LogP contribution in [0.5, 0.6) is 5.88 Å². The summed E-state index contributed by atoms with van der Waals surface area (Å²) in [4.78, 5) is 13.5. The van der Waals surface area contributed by atoms with Crippen LogP contribution in [-0.2, 0) is 13.1 Å². The van der Waals surface area contributed by atoms with Gasteiger partial charge in [-0.1, -0.05) is 18.1 Å². The number of ether oxygens (including phenoxy) is 1. The molecule has 152 valence electrons. The van der Waals surface area contributed by atoms with Crippen LogP contribution in [0.4, 0.5) is 0 Å². The van der Waals surface area contributed by atoms with E-state index < -0.39 is 0 Å². The van der Waals surface area contributed by atoms with Crippen LogP contribution in [0.15, 0.2) is 33.9 Å². The fourth-order valence-corrected chi connectivity index (χ4v) is 3.16. The number of hydrogen-bond acceptors (Lipinski definition) is 6. The van der Waals surface area contributed by atoms with Crippen LogP contribution in [0.3, 0.4) is 0 Å². The Bertz CT molecular complexity index is 750. The molecule has 3 heterocycles. The molecule has 8 heteroatoms. The molecule has 1 fully saturated rings. The van der Waals surface area contributed by atoms with Crippen molar-refractivity contribution in [3.63, 3.8) is 0 Å². The molecule has 28 heavy (non-hydrogen) atoms. The zero-order valence-electron chi connectivity index (χ0n) is 17.0. The monoisotopic (exact) mass is 386 g/mol. The zero-order chi connectivity index (χ0) is 19.8. The highest BCUT2D eigenvalue weighted by atomic mass is 16.5. The Morgan fingerprint density at radius 1 is 1.29 bits per heavy atom. The summed E-state index contributed by atoms with van der Waals surface area (Å²) in [6.45, 7) is 10.0. The van der Waals surface area contributed by atoms with Gasteiger partial charge >= 0.3 is 0 Å². The second-order valence-electron chi connectivity index (χ2n) is 6.95. The van der Waals surface area contributed by atoms with Gasteiger partial charge in [-0.2, -0.15) is 0 Å². The highest BCUT2D eigenvalue weighted by Crippen LogP contribution is 2.10. The molecule has 0 radical (unpaired) electrons. The van der Waals surface area contributed by atoms with E-state index in [1.807, 2.05) is 38.4 Å². The van der Waals surface area contributed by atoms with Crippen molar-refractivity contribution >= 4 is 5.96 Å². The van der Waals surface area contributed by atoms with Crippen LogP contribution < -0.4 is 10.1 Å². The average Bonchev–Trinajstić information content (AvgIpc) is 3.13. The van der Waals surface area contributed by atoms with E-state index in [4.69, 9.17) is 9.26 Å². The molecule has 8 nitrogen and oxygen atoms in total. The molecule has 0 amide bonds. The smallest absolute Gasteiger partial charge is 0.213 e. The van der Waals surface area contributed by atoms with Crippen LogP contribution in [0, 0.1) is 6.92 Å². The Morgan fingerprint density at radius 3 is 2.71 bits per heavy atom. The van der Waals surface area contributed by atoms with Crippen LogP contribution in [-0.4, -0.2) is 65.7 Å². The number of nitrogens with zero attached hydrogens (tertiary/aromatic N) is 5. The van der Waals surface area contributed by atoms with Gasteiger partial charge in [0.1, 0.15) is 5.76 Å². The SMILES string of the molecule is CCCOc1ccc(CNC(=NC)N2CCN(Cc3cc(C)on3)CC2)cn1. The lowest BCUT2D eigenvalue weighted by molar-refractivity contribution is 0.169. The second kappa shape index (κ2) is 10.1. The van der Waals surface area contributed by atoms with Gasteiger partial charge in [0.25, 0.3) is 0 Å². The molecule has 1 aliphatic heterocycles. The van der Waals surface area contributed by atoms with Crippen molar-refractivity contribution in [2.24, 2.45) is 4.99 Å². The molecule has 1 saturated heterocycles. The third-order valence-electron chi connectivity index (χ3n) is 4.65. The first-order valence-electron chi connectivity index (χ1n) is 9.85. The molecule has 2 aromatic rings. The lowest BCUT2D eigenvalue weighted by atomic mass is 10.2. The van der Waals surface area contributed by atoms with Crippen LogP contribution in [0.2, 0.25) is 0 Å². The van der Waals surface area contributed by atoms with E-state index in [1.54, 1.807) is 0 Å². The summed E-state index contributed by atoms with van der Waals surface area (Å²) in [7, 11) is 1.83. The predicted octanol–water partition coefficient (Wildman–Crippen LogP) is 2.06. The minimum absolute atomic E-state index is 0.674. The van der Waals surface area contributed by atoms with Gasteiger partial charge in [0.15, 0.2) is 5.96 Å². The minimum Gasteiger partial charge on any atom is -0.478 e. The quantitative estimate of drug-likeness (QED) is 0.576. The summed E-state index contributed by atoms with van der Waals surface area (Å²) >= 11 is 0. The highest BCUT2D eigenvalue weighted by Gasteiger charge is 2.20. The van der Waals surface area contributed by atoms with Gasteiger partial charge in [-0.15, -0.1) is 0 Å². The molecule has 0 aliphatic carbocycles. The molecule has 3 rings (SSSR count). The van der Waals surface area contributed by atoms with Crippen molar-refractivity contribution in [3.8, 4) is 5.88 Å². The van der Waals surface area contributed by atoms with Crippen LogP contribution in [0.1, 0.15) is 30.4 Å². The van der Waals surface area contributed by atoms with Gasteiger partial charge in [-0.3, -0.25) is 9.89 Å². The van der Waals surface area contributed by atoms with Gasteiger partial charge in [-0.05, 0) is 18.9 Å². The summed E-state index contributed by atoms with van der Waals surface area (Å²) in [5, 5.41) is 7.52. The van der Waals surface area contributed by atoms with Crippen molar-refractivity contribution in [1.82, 2.24) is 25.3 Å². The van der Waals surface area contributed by atoms with E-state index in [9.17, 15) is 0 Å². The Hall–Kier alpha value is -2.61. The van der Waals surface area contributed by atoms with E-state index in [0.717, 1.165) is 62.1 Å². The van der Waals surface area contributed by atoms with Gasteiger partial charge in [0.2, 0.25) is 5.88 Å². The third-order valence-corrected chi connectivity index (χ3v) is 4.65. The first-order chi connectivity index (χ1) is 13.7. The Labute approximate surface area is 166 Å². The number of piperazine rings is 1. The molecular weight excluding hydrogens is 356 g/mol. The van der Waals surface area contributed by atoms with E-state index >= 15 is 0 Å². The third kappa shape index (κ3) is 5.69. The van der Waals surface area contributed by atoms with E-state index in [1.165, 1.54) is 0 Å². The number of hydrogen-bond donors (Lipinski definition) is 1. The largest absolute Gasteiger partial charge is 0.478 e. The number of rotatable bonds is 7. The molecular formula is C20H30N6O2. The molecule has 0 atom stereocenters. The maximum absolute atomic E-state index is 5.53. The number of aryl methyl sites for hydroxylation is 1. The van der Waals surface area contributed by atoms with Gasteiger partial charge < -0.3 is 19.5 Å². The number of aliphatic imine (C=N–C) groups is 1. The Morgan fingerprint density at radius 2 is 2.11 bits per heavy atom. The van der Waals surface area contributed by atoms with Crippen molar-refractivity contribution in [2.75, 3.05) is 39.8 Å². The van der Waals surface area contributed by atoms with Gasteiger partial charge in [-0.25, -0.2) is 4.98 Å². The topological polar surface area (TPSA) is 79.0 Å². The van der Waals surface area contributed by atoms with Crippen molar-refractivity contribution in [3.05, 3.63) is 41.4 Å². The van der Waals surface area contributed by atoms with Crippen molar-refractivity contribution in [2.45, 2.75) is 33.4 Å². The van der Waals surface area contributed by atoms with Crippen LogP contribution >= 0.6 is 0 Å². The number of guanidine groups is 1. The molecule has 0 saturated carbocycles. The van der Waals surface area contributed by atoms with Crippen molar-refractivity contribution < 1.29 is 9.26 Å². The fourth-order valence-electron chi connectivity index (χ4n) is 3.16. The first kappa shape index (κ1) is 20.1. The molecule has 0 bridgehead atoms. The zero-order valence-corrected chi connectivity index (χ0v) is 17.0. The van der Waals surface area contributed by atoms with Crippen molar-refractivity contribution in [1.29, 1.82) is 0 Å². The predicted molar refractivity (Wildman–Crippen MR) is 108 cm³/mol. The summed E-state index contributed by atoms with van der Waals surface area (Å²) in [5.41, 5.74) is 2.09. The lowest BCUT2D eigenvalue weighted by Crippen LogP contribution is -2.52. The van der Waals surface area contributed by atoms with Gasteiger partial charge in [0.05, 0.1) is 12.3 Å². The molecule has 0 unspecified atom stereocenters. The average molecular weight is 387 g/mol. The summed E-state index contributed by atoms with van der Waals surface area (Å²) in [6.07, 6.45) is 2.83. The number of aromatic nitrogens is 2. The van der Waals surface area contributed by atoms with E-state index in [-0.39, 0.29) is 0 Å². The maximum atomic E-state index is 5.53. The number of nitrogens with one attached hydrogen (secondary N) is 1. The Balaban J connectivity index is 1.44. The molecule has 0 aromatic carbocycles. The van der Waals surface area contributed by atoms with E-state index in [0.29, 0.717) is 19.0 Å². The summed E-state index contributed by atoms with van der Waals surface area (Å²) in [6, 6.07) is 5.95. The molecule has 1 aliphatic rings. The summed E-state index contributed by atoms with van der Waals surface area (Å²) in [5.74, 6) is 2.45. The van der Waals surface area contributed by atoms with Gasteiger partial charge in [0, 0.05) is 64.6 Å². The molecule has 2 aromatic heterocycles. The highest BCUT2D eigenvalue weighted by molar-refractivity contribution is 5.80. The van der Waals surface area contributed by atoms with E-state index in [2.05, 4.69) is 37.2 Å².